The maximum atomic E-state index is 12.7. The fourth-order valence-corrected chi connectivity index (χ4v) is 4.51. The molecular weight excluding hydrogens is 476 g/mol. The fourth-order valence-electron chi connectivity index (χ4n) is 3.99. The molecule has 3 aromatic rings. The van der Waals surface area contributed by atoms with Gasteiger partial charge in [0, 0.05) is 23.7 Å². The second kappa shape index (κ2) is 9.86. The van der Waals surface area contributed by atoms with E-state index in [1.165, 1.54) is 48.5 Å². The highest BCUT2D eigenvalue weighted by atomic mass is 32.2. The van der Waals surface area contributed by atoms with E-state index in [1.807, 2.05) is 4.90 Å². The predicted molar refractivity (Wildman–Crippen MR) is 127 cm³/mol. The van der Waals surface area contributed by atoms with Gasteiger partial charge in [0.2, 0.25) is 15.9 Å². The van der Waals surface area contributed by atoms with Crippen LogP contribution in [0.15, 0.2) is 57.8 Å². The lowest BCUT2D eigenvalue weighted by atomic mass is 10.1. The monoisotopic (exact) mass is 500 g/mol. The Kier molecular flexibility index (Phi) is 6.87. The highest BCUT2D eigenvalue weighted by molar-refractivity contribution is 7.89. The third kappa shape index (κ3) is 6.04. The first kappa shape index (κ1) is 24.4. The number of piperidine rings is 1. The Bertz CT molecular complexity index is 1380. The quantitative estimate of drug-likeness (QED) is 0.379. The van der Waals surface area contributed by atoms with Gasteiger partial charge in [0.25, 0.3) is 5.91 Å². The number of primary sulfonamides is 1. The number of nitrogens with zero attached hydrogens (tertiary/aromatic N) is 1. The lowest BCUT2D eigenvalue weighted by Crippen LogP contribution is -2.49. The Morgan fingerprint density at radius 1 is 1.11 bits per heavy atom. The average molecular weight is 501 g/mol. The van der Waals surface area contributed by atoms with Crippen LogP contribution in [0.3, 0.4) is 0 Å². The van der Waals surface area contributed by atoms with Gasteiger partial charge >= 0.3 is 5.97 Å². The van der Waals surface area contributed by atoms with Crippen LogP contribution in [-0.2, 0) is 14.8 Å². The number of aromatic carboxylic acids is 1. The number of anilines is 1. The molecule has 35 heavy (non-hydrogen) atoms. The largest absolute Gasteiger partial charge is 0.478 e. The van der Waals surface area contributed by atoms with Gasteiger partial charge in [-0.2, -0.15) is 0 Å². The lowest BCUT2D eigenvalue weighted by Gasteiger charge is -2.32. The molecule has 4 rings (SSSR count). The van der Waals surface area contributed by atoms with E-state index in [2.05, 4.69) is 10.6 Å². The van der Waals surface area contributed by atoms with Gasteiger partial charge < -0.3 is 20.2 Å². The maximum absolute atomic E-state index is 12.7. The Labute approximate surface area is 200 Å². The summed E-state index contributed by atoms with van der Waals surface area (Å²) in [5.74, 6) is -1.66. The molecule has 0 aliphatic carbocycles. The number of carboxylic acid groups (broad SMARTS) is 1. The molecule has 2 heterocycles. The number of nitrogens with two attached hydrogens (primary N) is 1. The summed E-state index contributed by atoms with van der Waals surface area (Å²) in [5.41, 5.74) is 0.964. The summed E-state index contributed by atoms with van der Waals surface area (Å²) in [5, 5.41) is 20.3. The molecule has 11 nitrogen and oxygen atoms in total. The van der Waals surface area contributed by atoms with Crippen LogP contribution >= 0.6 is 0 Å². The van der Waals surface area contributed by atoms with Crippen LogP contribution in [0.25, 0.3) is 11.0 Å². The minimum absolute atomic E-state index is 0.0445. The topological polar surface area (TPSA) is 172 Å². The van der Waals surface area contributed by atoms with Crippen LogP contribution in [0.5, 0.6) is 0 Å². The zero-order chi connectivity index (χ0) is 25.2. The van der Waals surface area contributed by atoms with E-state index in [0.29, 0.717) is 29.7 Å². The number of fused-ring (bicyclic) bond motifs is 1. The fraction of sp³-hybridized carbons (Fsp3) is 0.261. The molecule has 1 atom stereocenters. The SMILES string of the molecule is NS(=O)(=O)c1ccc(NC(=O)CN2CCCC(NC(=O)c3cc4cc(C(=O)O)ccc4o3)C2)cc1. The number of rotatable bonds is 7. The number of carboxylic acids is 1. The standard InChI is InChI=1S/C23H24N4O7S/c24-35(32,33)18-6-4-16(5-7-18)25-21(28)13-27-9-1-2-17(12-27)26-22(29)20-11-15-10-14(23(30)31)3-8-19(15)34-20/h3-8,10-11,17H,1-2,9,12-13H2,(H,25,28)(H,26,29)(H,30,31)(H2,24,32,33). The number of furan rings is 1. The van der Waals surface area contributed by atoms with E-state index in [4.69, 9.17) is 14.7 Å². The number of hydrogen-bond acceptors (Lipinski definition) is 7. The van der Waals surface area contributed by atoms with E-state index in [9.17, 15) is 22.8 Å². The third-order valence-corrected chi connectivity index (χ3v) is 6.59. The third-order valence-electron chi connectivity index (χ3n) is 5.66. The molecular formula is C23H24N4O7S. The van der Waals surface area contributed by atoms with Crippen molar-refractivity contribution in [1.29, 1.82) is 0 Å². The van der Waals surface area contributed by atoms with E-state index >= 15 is 0 Å². The van der Waals surface area contributed by atoms with Crippen LogP contribution in [0, 0.1) is 0 Å². The molecule has 12 heteroatoms. The Balaban J connectivity index is 1.32. The van der Waals surface area contributed by atoms with Crippen molar-refractivity contribution in [2.45, 2.75) is 23.8 Å². The molecule has 2 amide bonds. The normalized spacial score (nSPS) is 16.7. The molecule has 1 saturated heterocycles. The molecule has 0 saturated carbocycles. The maximum Gasteiger partial charge on any atom is 0.335 e. The molecule has 1 unspecified atom stereocenters. The summed E-state index contributed by atoms with van der Waals surface area (Å²) in [4.78, 5) is 38.2. The van der Waals surface area contributed by atoms with Crippen molar-refractivity contribution >= 4 is 44.5 Å². The summed E-state index contributed by atoms with van der Waals surface area (Å²) in [6.07, 6.45) is 1.52. The number of carbonyl (C=O) groups is 3. The number of hydrogen-bond donors (Lipinski definition) is 4. The molecule has 0 spiro atoms. The summed E-state index contributed by atoms with van der Waals surface area (Å²) in [7, 11) is -3.81. The molecule has 1 aromatic heterocycles. The van der Waals surface area contributed by atoms with E-state index < -0.39 is 21.9 Å². The molecule has 1 aliphatic rings. The first-order valence-electron chi connectivity index (χ1n) is 10.8. The van der Waals surface area contributed by atoms with Crippen molar-refractivity contribution in [3.05, 3.63) is 59.9 Å². The van der Waals surface area contributed by atoms with Gasteiger partial charge in [-0.3, -0.25) is 14.5 Å². The van der Waals surface area contributed by atoms with Crippen molar-refractivity contribution in [3.8, 4) is 0 Å². The zero-order valence-corrected chi connectivity index (χ0v) is 19.4. The van der Waals surface area contributed by atoms with Gasteiger partial charge in [0.1, 0.15) is 5.58 Å². The van der Waals surface area contributed by atoms with Gasteiger partial charge in [-0.05, 0) is 67.9 Å². The van der Waals surface area contributed by atoms with Gasteiger partial charge in [-0.15, -0.1) is 0 Å². The highest BCUT2D eigenvalue weighted by Gasteiger charge is 2.24. The molecule has 0 radical (unpaired) electrons. The number of sulfonamides is 1. The molecule has 184 valence electrons. The smallest absolute Gasteiger partial charge is 0.335 e. The highest BCUT2D eigenvalue weighted by Crippen LogP contribution is 2.21. The molecule has 1 aliphatic heterocycles. The second-order valence-corrected chi connectivity index (χ2v) is 9.90. The van der Waals surface area contributed by atoms with Crippen LogP contribution < -0.4 is 15.8 Å². The summed E-state index contributed by atoms with van der Waals surface area (Å²) in [6, 6.07) is 11.2. The number of amides is 2. The van der Waals surface area contributed by atoms with Gasteiger partial charge in [0.15, 0.2) is 5.76 Å². The van der Waals surface area contributed by atoms with Gasteiger partial charge in [-0.1, -0.05) is 0 Å². The number of nitrogens with one attached hydrogen (secondary N) is 2. The zero-order valence-electron chi connectivity index (χ0n) is 18.6. The molecule has 5 N–H and O–H groups in total. The predicted octanol–water partition coefficient (Wildman–Crippen LogP) is 1.61. The van der Waals surface area contributed by atoms with Crippen LogP contribution in [-0.4, -0.2) is 61.9 Å². The van der Waals surface area contributed by atoms with E-state index in [1.54, 1.807) is 0 Å². The Morgan fingerprint density at radius 3 is 2.54 bits per heavy atom. The van der Waals surface area contributed by atoms with Crippen molar-refractivity contribution in [2.75, 3.05) is 25.0 Å². The first-order chi connectivity index (χ1) is 16.6. The van der Waals surface area contributed by atoms with Crippen LogP contribution in [0.1, 0.15) is 33.8 Å². The first-order valence-corrected chi connectivity index (χ1v) is 12.4. The van der Waals surface area contributed by atoms with E-state index in [-0.39, 0.29) is 34.7 Å². The number of likely N-dealkylation sites (tertiary alicyclic amines) is 1. The molecule has 2 aromatic carbocycles. The van der Waals surface area contributed by atoms with Crippen LogP contribution in [0.4, 0.5) is 5.69 Å². The lowest BCUT2D eigenvalue weighted by molar-refractivity contribution is -0.117. The van der Waals surface area contributed by atoms with Crippen molar-refractivity contribution in [1.82, 2.24) is 10.2 Å². The van der Waals surface area contributed by atoms with Gasteiger partial charge in [0.05, 0.1) is 17.0 Å². The van der Waals surface area contributed by atoms with Crippen LogP contribution in [0.2, 0.25) is 0 Å². The molecule has 1 fully saturated rings. The number of carbonyl (C=O) groups excluding carboxylic acids is 2. The minimum atomic E-state index is -3.81. The summed E-state index contributed by atoms with van der Waals surface area (Å²) in [6.45, 7) is 1.26. The van der Waals surface area contributed by atoms with Crippen molar-refractivity contribution in [3.63, 3.8) is 0 Å². The van der Waals surface area contributed by atoms with E-state index in [0.717, 1.165) is 12.8 Å². The van der Waals surface area contributed by atoms with Crippen molar-refractivity contribution in [2.24, 2.45) is 5.14 Å². The van der Waals surface area contributed by atoms with Gasteiger partial charge in [-0.25, -0.2) is 18.4 Å². The molecule has 0 bridgehead atoms. The Hall–Kier alpha value is -3.74. The summed E-state index contributed by atoms with van der Waals surface area (Å²) >= 11 is 0. The summed E-state index contributed by atoms with van der Waals surface area (Å²) < 4.78 is 28.2. The minimum Gasteiger partial charge on any atom is -0.478 e. The second-order valence-electron chi connectivity index (χ2n) is 8.33. The average Bonchev–Trinajstić information content (AvgIpc) is 3.22. The van der Waals surface area contributed by atoms with Crippen molar-refractivity contribution < 1.29 is 32.3 Å². The number of benzene rings is 2. The Morgan fingerprint density at radius 2 is 1.86 bits per heavy atom.